The number of halogens is 10. The second-order valence-electron chi connectivity index (χ2n) is 37.9. The molecular formula is C96H154F10O21. The second-order valence-corrected chi connectivity index (χ2v) is 37.9. The summed E-state index contributed by atoms with van der Waals surface area (Å²) in [6, 6.07) is 11.6. The number of carbonyl (C=O) groups excluding carboxylic acids is 10. The maximum atomic E-state index is 12.6. The van der Waals surface area contributed by atoms with Gasteiger partial charge in [-0.3, -0.25) is 38.4 Å². The van der Waals surface area contributed by atoms with Crippen molar-refractivity contribution in [1.29, 1.82) is 0 Å². The summed E-state index contributed by atoms with van der Waals surface area (Å²) in [6.07, 6.45) is 30.6. The lowest BCUT2D eigenvalue weighted by atomic mass is 9.56. The maximum absolute atomic E-state index is 12.6. The summed E-state index contributed by atoms with van der Waals surface area (Å²) in [4.78, 5) is 109. The lowest BCUT2D eigenvalue weighted by molar-refractivity contribution is -0.164. The van der Waals surface area contributed by atoms with Gasteiger partial charge in [-0.05, 0) is 281 Å². The standard InChI is InChI=1S/C17H22F2O5.C16H20F2O4.2C10H16.3C7H14O2.C6H10F2O2.C6H12.2C5H8F2O2/c1-5-16(2,3)15(21)24-13-8-6-12(7-9-13)22-10-14(20)23-11-17(4,18)19;1-5-15(2,3)14(20)22-12-8-6-11(7-9-12)13(19)21-10-16(4,17)18;2*1-7-2-9-4-8(1)5-10(3-7)6-9;3*1-5-7(2,3)6(8)9-4;1-4(6(3,7)8)10-5(2)9;1-2-4-6-5-3-1;2*1-4(8)9-3-5(2,6)7/h6-9H,5,10-11H2,1-4H3;6-9H,5,10H2,1-4H3;2*7-10H,1-6H2;3*5H2,1-4H3;4H,1-3H3;1-6H2;2*3H2,1-2H3. The normalized spacial score (nSPS) is 19.6. The van der Waals surface area contributed by atoms with E-state index in [1.807, 2.05) is 76.2 Å². The molecule has 0 heterocycles. The van der Waals surface area contributed by atoms with Gasteiger partial charge in [0.15, 0.2) is 39.1 Å². The molecule has 9 saturated carbocycles. The van der Waals surface area contributed by atoms with Crippen LogP contribution in [0, 0.1) is 74.4 Å². The van der Waals surface area contributed by atoms with Gasteiger partial charge in [0.2, 0.25) is 0 Å². The molecule has 0 radical (unpaired) electrons. The zero-order valence-corrected chi connectivity index (χ0v) is 81.0. The Morgan fingerprint density at radius 3 is 0.732 bits per heavy atom. The Bertz CT molecular complexity index is 3290. The highest BCUT2D eigenvalue weighted by Gasteiger charge is 2.44. The van der Waals surface area contributed by atoms with Gasteiger partial charge in [0.25, 0.3) is 29.6 Å². The number of hydrogen-bond acceptors (Lipinski definition) is 21. The van der Waals surface area contributed by atoms with Gasteiger partial charge >= 0.3 is 59.7 Å². The van der Waals surface area contributed by atoms with Gasteiger partial charge in [-0.25, -0.2) is 53.5 Å². The Kier molecular flexibility index (Phi) is 54.8. The summed E-state index contributed by atoms with van der Waals surface area (Å²) in [5.41, 5.74) is -2.01. The van der Waals surface area contributed by atoms with Gasteiger partial charge < -0.3 is 52.1 Å². The Balaban J connectivity index is 0. The minimum Gasteiger partial charge on any atom is -0.482 e. The fraction of sp³-hybridized carbons (Fsp3) is 0.771. The lowest BCUT2D eigenvalue weighted by Gasteiger charge is -2.49. The van der Waals surface area contributed by atoms with E-state index < -0.39 is 109 Å². The van der Waals surface area contributed by atoms with Gasteiger partial charge in [-0.2, -0.15) is 0 Å². The van der Waals surface area contributed by atoms with Crippen molar-refractivity contribution in [3.8, 4) is 17.2 Å². The topological polar surface area (TPSA) is 272 Å². The molecule has 0 aliphatic heterocycles. The van der Waals surface area contributed by atoms with Crippen LogP contribution in [0.3, 0.4) is 0 Å². The van der Waals surface area contributed by atoms with Crippen molar-refractivity contribution in [3.05, 3.63) is 54.1 Å². The molecule has 31 heteroatoms. The number of carbonyl (C=O) groups is 10. The molecule has 8 bridgehead atoms. The van der Waals surface area contributed by atoms with Crippen molar-refractivity contribution < 1.29 is 144 Å². The van der Waals surface area contributed by atoms with E-state index in [2.05, 4.69) is 37.9 Å². The molecule has 0 N–H and O–H groups in total. The maximum Gasteiger partial charge on any atom is 0.344 e. The van der Waals surface area contributed by atoms with Crippen molar-refractivity contribution >= 4 is 59.7 Å². The monoisotopic (exact) mass is 1830 g/mol. The predicted octanol–water partition coefficient (Wildman–Crippen LogP) is 24.2. The van der Waals surface area contributed by atoms with Crippen LogP contribution in [0.5, 0.6) is 17.2 Å². The quantitative estimate of drug-likeness (QED) is 0.0366. The van der Waals surface area contributed by atoms with Crippen molar-refractivity contribution in [3.63, 3.8) is 0 Å². The van der Waals surface area contributed by atoms with E-state index in [4.69, 9.17) is 14.2 Å². The first-order valence-electron chi connectivity index (χ1n) is 44.4. The predicted molar refractivity (Wildman–Crippen MR) is 466 cm³/mol. The summed E-state index contributed by atoms with van der Waals surface area (Å²) >= 11 is 0. The van der Waals surface area contributed by atoms with E-state index >= 15 is 0 Å². The van der Waals surface area contributed by atoms with Gasteiger partial charge in [-0.1, -0.05) is 73.1 Å². The van der Waals surface area contributed by atoms with E-state index in [9.17, 15) is 91.8 Å². The van der Waals surface area contributed by atoms with E-state index in [-0.39, 0.29) is 57.4 Å². The van der Waals surface area contributed by atoms with E-state index in [1.54, 1.807) is 105 Å². The number of hydrogen-bond donors (Lipinski definition) is 0. The van der Waals surface area contributed by atoms with Crippen molar-refractivity contribution in [2.75, 3.05) is 54.4 Å². The highest BCUT2D eigenvalue weighted by molar-refractivity contribution is 5.89. The van der Waals surface area contributed by atoms with Crippen LogP contribution >= 0.6 is 0 Å². The largest absolute Gasteiger partial charge is 0.482 e. The Morgan fingerprint density at radius 2 is 0.543 bits per heavy atom. The molecule has 2 aromatic rings. The molecule has 21 nitrogen and oxygen atoms in total. The first kappa shape index (κ1) is 121. The van der Waals surface area contributed by atoms with Crippen LogP contribution in [0.15, 0.2) is 48.5 Å². The third-order valence-electron chi connectivity index (χ3n) is 23.0. The molecule has 0 aromatic heterocycles. The fourth-order valence-electron chi connectivity index (χ4n) is 13.8. The average Bonchev–Trinajstić information content (AvgIpc) is 0.793. The first-order chi connectivity index (χ1) is 58.2. The van der Waals surface area contributed by atoms with E-state index in [1.165, 1.54) is 156 Å². The summed E-state index contributed by atoms with van der Waals surface area (Å²) in [5, 5.41) is 0. The van der Waals surface area contributed by atoms with Crippen LogP contribution in [0.2, 0.25) is 0 Å². The molecule has 1 atom stereocenters. The van der Waals surface area contributed by atoms with Gasteiger partial charge in [0.1, 0.15) is 17.2 Å². The highest BCUT2D eigenvalue weighted by Crippen LogP contribution is 2.55. The van der Waals surface area contributed by atoms with Crippen molar-refractivity contribution in [2.45, 2.75) is 350 Å². The van der Waals surface area contributed by atoms with Gasteiger partial charge in [0.05, 0.1) is 54.0 Å². The van der Waals surface area contributed by atoms with Crippen LogP contribution in [0.4, 0.5) is 43.9 Å². The van der Waals surface area contributed by atoms with Crippen molar-refractivity contribution in [1.82, 2.24) is 0 Å². The Hall–Kier alpha value is -7.76. The summed E-state index contributed by atoms with van der Waals surface area (Å²) in [7, 11) is 4.25. The Morgan fingerprint density at radius 1 is 0.323 bits per heavy atom. The molecule has 0 amide bonds. The number of benzene rings is 2. The van der Waals surface area contributed by atoms with E-state index in [0.29, 0.717) is 59.0 Å². The SMILES string of the molecule is C1C2CC3CC1CC(C2)C3.C1C2CC3CC1CC(C2)C3.C1CCCCC1.CC(=O)OC(C)C(C)(F)F.CC(=O)OCC(C)(F)F.CC(=O)OCC(C)(F)F.CCC(C)(C)C(=O)OC.CCC(C)(C)C(=O)OC.CCC(C)(C)C(=O)OC.CCC(C)(C)C(=O)Oc1ccc(C(=O)OCC(C)(F)F)cc1.CCC(C)(C)C(=O)Oc1ccc(OCC(=O)OCC(C)(F)F)cc1. The molecule has 2 aromatic carbocycles. The number of rotatable bonds is 26. The fourth-order valence-corrected chi connectivity index (χ4v) is 13.8. The average molecular weight is 1830 g/mol. The molecule has 734 valence electrons. The summed E-state index contributed by atoms with van der Waals surface area (Å²) in [5.74, 6) is -9.48. The molecule has 9 aliphatic carbocycles. The minimum atomic E-state index is -3.08. The summed E-state index contributed by atoms with van der Waals surface area (Å²) in [6.45, 7) is 31.8. The first-order valence-corrected chi connectivity index (χ1v) is 44.4. The molecule has 0 saturated heterocycles. The molecular weight excluding hydrogens is 1680 g/mol. The lowest BCUT2D eigenvalue weighted by Crippen LogP contribution is -2.38. The number of alkyl halides is 10. The van der Waals surface area contributed by atoms with Crippen LogP contribution in [-0.4, -0.2) is 150 Å². The number of esters is 10. The van der Waals surface area contributed by atoms with Crippen LogP contribution in [0.1, 0.15) is 324 Å². The Labute approximate surface area is 750 Å². The molecule has 127 heavy (non-hydrogen) atoms. The molecule has 9 fully saturated rings. The molecule has 1 unspecified atom stereocenters. The van der Waals surface area contributed by atoms with Gasteiger partial charge in [-0.15, -0.1) is 0 Å². The smallest absolute Gasteiger partial charge is 0.344 e. The zero-order valence-electron chi connectivity index (χ0n) is 81.0. The second kappa shape index (κ2) is 57.4. The molecule has 11 rings (SSSR count). The third-order valence-corrected chi connectivity index (χ3v) is 23.0. The summed E-state index contributed by atoms with van der Waals surface area (Å²) < 4.78 is 172. The molecule has 0 spiro atoms. The molecule has 9 aliphatic rings. The number of ether oxygens (including phenoxy) is 11. The number of methoxy groups -OCH3 is 3. The minimum absolute atomic E-state index is 0.110. The highest BCUT2D eigenvalue weighted by atomic mass is 19.3. The van der Waals surface area contributed by atoms with Gasteiger partial charge in [0, 0.05) is 55.4 Å². The van der Waals surface area contributed by atoms with Crippen LogP contribution in [-0.2, 0) is 81.0 Å². The zero-order chi connectivity index (χ0) is 98.5. The van der Waals surface area contributed by atoms with Crippen LogP contribution < -0.4 is 14.2 Å². The van der Waals surface area contributed by atoms with Crippen LogP contribution in [0.25, 0.3) is 0 Å². The van der Waals surface area contributed by atoms with Crippen molar-refractivity contribution in [2.24, 2.45) is 74.4 Å². The third kappa shape index (κ3) is 56.4. The van der Waals surface area contributed by atoms with E-state index in [0.717, 1.165) is 47.0 Å².